The van der Waals surface area contributed by atoms with Crippen molar-refractivity contribution in [2.45, 2.75) is 45.8 Å². The fourth-order valence-electron chi connectivity index (χ4n) is 2.60. The third-order valence-corrected chi connectivity index (χ3v) is 4.70. The fourth-order valence-corrected chi connectivity index (χ4v) is 2.60. The van der Waals surface area contributed by atoms with Crippen molar-refractivity contribution in [3.05, 3.63) is 41.2 Å². The van der Waals surface area contributed by atoms with Crippen LogP contribution in [0.2, 0.25) is 0 Å². The van der Waals surface area contributed by atoms with E-state index in [4.69, 9.17) is 15.9 Å². The summed E-state index contributed by atoms with van der Waals surface area (Å²) in [5.74, 6) is 0.404. The summed E-state index contributed by atoms with van der Waals surface area (Å²) < 4.78 is 12.3. The second kappa shape index (κ2) is 4.80. The lowest BCUT2D eigenvalue weighted by Gasteiger charge is -2.32. The molecule has 0 amide bonds. The Kier molecular flexibility index (Phi) is 3.28. The Hall–Kier alpha value is -1.90. The fraction of sp³-hybridized carbons (Fsp3) is 0.412. The van der Waals surface area contributed by atoms with Gasteiger partial charge >= 0.3 is 7.12 Å². The normalized spacial score (nSPS) is 19.4. The summed E-state index contributed by atoms with van der Waals surface area (Å²) in [7, 11) is -0.423. The van der Waals surface area contributed by atoms with Gasteiger partial charge in [0.1, 0.15) is 0 Å². The van der Waals surface area contributed by atoms with Crippen molar-refractivity contribution in [3.63, 3.8) is 0 Å². The maximum absolute atomic E-state index is 7.13. The molecule has 3 rings (SSSR count). The molecule has 0 aliphatic carbocycles. The van der Waals surface area contributed by atoms with Crippen LogP contribution >= 0.6 is 0 Å². The van der Waals surface area contributed by atoms with Gasteiger partial charge in [0, 0.05) is 5.39 Å². The maximum Gasteiger partial charge on any atom is 0.495 e. The van der Waals surface area contributed by atoms with Crippen LogP contribution in [-0.4, -0.2) is 23.3 Å². The van der Waals surface area contributed by atoms with Crippen LogP contribution in [0, 0.1) is 13.5 Å². The van der Waals surface area contributed by atoms with Gasteiger partial charge < -0.3 is 14.2 Å². The quantitative estimate of drug-likeness (QED) is 0.597. The van der Waals surface area contributed by atoms with Crippen LogP contribution in [0.4, 0.5) is 5.82 Å². The van der Waals surface area contributed by atoms with E-state index < -0.39 is 7.12 Å². The molecular formula is C17H19BN2O2. The van der Waals surface area contributed by atoms with E-state index in [1.54, 1.807) is 6.07 Å². The molecule has 1 aliphatic rings. The van der Waals surface area contributed by atoms with Crippen molar-refractivity contribution in [2.24, 2.45) is 0 Å². The number of aryl methyl sites for hydroxylation is 1. The van der Waals surface area contributed by atoms with E-state index in [9.17, 15) is 0 Å². The Morgan fingerprint density at radius 2 is 1.68 bits per heavy atom. The van der Waals surface area contributed by atoms with E-state index >= 15 is 0 Å². The molecule has 2 heterocycles. The lowest BCUT2D eigenvalue weighted by molar-refractivity contribution is 0.00578. The number of nitrogens with zero attached hydrogens (tertiary/aromatic N) is 2. The average Bonchev–Trinajstić information content (AvgIpc) is 2.67. The van der Waals surface area contributed by atoms with Gasteiger partial charge in [0.05, 0.1) is 11.2 Å². The largest absolute Gasteiger partial charge is 0.495 e. The average molecular weight is 294 g/mol. The van der Waals surface area contributed by atoms with Gasteiger partial charge in [0.15, 0.2) is 5.52 Å². The van der Waals surface area contributed by atoms with Crippen LogP contribution in [0.3, 0.4) is 0 Å². The topological polar surface area (TPSA) is 35.7 Å². The molecule has 112 valence electrons. The Labute approximate surface area is 131 Å². The number of pyridine rings is 1. The molecule has 0 radical (unpaired) electrons. The predicted octanol–water partition coefficient (Wildman–Crippen LogP) is 3.39. The maximum atomic E-state index is 7.13. The molecule has 22 heavy (non-hydrogen) atoms. The third-order valence-electron chi connectivity index (χ3n) is 4.70. The lowest BCUT2D eigenvalue weighted by atomic mass is 9.76. The van der Waals surface area contributed by atoms with Gasteiger partial charge in [0.2, 0.25) is 0 Å². The van der Waals surface area contributed by atoms with Crippen LogP contribution in [0.5, 0.6) is 0 Å². The van der Waals surface area contributed by atoms with Crippen LogP contribution < -0.4 is 5.46 Å². The molecule has 1 saturated heterocycles. The molecule has 5 heteroatoms. The molecule has 0 atom stereocenters. The molecule has 1 fully saturated rings. The van der Waals surface area contributed by atoms with E-state index in [0.29, 0.717) is 5.82 Å². The SMILES string of the molecule is [C-]#[N+]c1ccc2c(B3OC(C)(C)C(C)(C)O3)ccc(C)c2n1. The molecule has 0 bridgehead atoms. The number of aromatic nitrogens is 1. The first-order chi connectivity index (χ1) is 10.2. The minimum Gasteiger partial charge on any atom is -0.399 e. The Morgan fingerprint density at radius 1 is 1.05 bits per heavy atom. The zero-order valence-electron chi connectivity index (χ0n) is 13.6. The molecule has 4 nitrogen and oxygen atoms in total. The smallest absolute Gasteiger partial charge is 0.399 e. The number of fused-ring (bicyclic) bond motifs is 1. The van der Waals surface area contributed by atoms with E-state index in [-0.39, 0.29) is 11.2 Å². The monoisotopic (exact) mass is 294 g/mol. The number of hydrogen-bond donors (Lipinski definition) is 0. The van der Waals surface area contributed by atoms with Crippen molar-refractivity contribution in [1.29, 1.82) is 0 Å². The van der Waals surface area contributed by atoms with Crippen molar-refractivity contribution in [2.75, 3.05) is 0 Å². The van der Waals surface area contributed by atoms with Gasteiger partial charge in [-0.05, 0) is 51.7 Å². The highest BCUT2D eigenvalue weighted by atomic mass is 16.7. The van der Waals surface area contributed by atoms with E-state index in [0.717, 1.165) is 21.9 Å². The molecule has 0 spiro atoms. The van der Waals surface area contributed by atoms with Gasteiger partial charge in [-0.2, -0.15) is 0 Å². The zero-order chi connectivity index (χ0) is 16.1. The zero-order valence-corrected chi connectivity index (χ0v) is 13.6. The standard InChI is InChI=1S/C17H19BN2O2/c1-11-7-9-13(12-8-10-14(19-6)20-15(11)12)18-21-16(2,3)17(4,5)22-18/h7-10H,1-5H3. The molecule has 1 aromatic heterocycles. The summed E-state index contributed by atoms with van der Waals surface area (Å²) in [5, 5.41) is 0.978. The second-order valence-electron chi connectivity index (χ2n) is 6.74. The van der Waals surface area contributed by atoms with Crippen LogP contribution in [0.15, 0.2) is 24.3 Å². The Bertz CT molecular complexity index is 777. The van der Waals surface area contributed by atoms with E-state index in [1.807, 2.05) is 52.8 Å². The first kappa shape index (κ1) is 15.0. The van der Waals surface area contributed by atoms with Crippen LogP contribution in [0.1, 0.15) is 33.3 Å². The Morgan fingerprint density at radius 3 is 2.27 bits per heavy atom. The van der Waals surface area contributed by atoms with Gasteiger partial charge in [-0.3, -0.25) is 0 Å². The number of benzene rings is 1. The van der Waals surface area contributed by atoms with Gasteiger partial charge in [-0.15, -0.1) is 4.98 Å². The molecule has 1 aromatic carbocycles. The summed E-state index contributed by atoms with van der Waals surface area (Å²) in [6, 6.07) is 7.70. The molecule has 0 saturated carbocycles. The number of rotatable bonds is 1. The molecule has 2 aromatic rings. The van der Waals surface area contributed by atoms with Gasteiger partial charge in [0.25, 0.3) is 5.82 Å². The summed E-state index contributed by atoms with van der Waals surface area (Å²) in [6.07, 6.45) is 0. The molecule has 1 aliphatic heterocycles. The van der Waals surface area contributed by atoms with Gasteiger partial charge in [-0.25, -0.2) is 0 Å². The van der Waals surface area contributed by atoms with E-state index in [1.165, 1.54) is 0 Å². The highest BCUT2D eigenvalue weighted by molar-refractivity contribution is 6.65. The summed E-state index contributed by atoms with van der Waals surface area (Å²) in [6.45, 7) is 17.3. The molecular weight excluding hydrogens is 275 g/mol. The van der Waals surface area contributed by atoms with Crippen LogP contribution in [-0.2, 0) is 9.31 Å². The highest BCUT2D eigenvalue weighted by Crippen LogP contribution is 2.37. The van der Waals surface area contributed by atoms with Crippen molar-refractivity contribution >= 4 is 29.3 Å². The first-order valence-electron chi connectivity index (χ1n) is 7.38. The molecule has 0 unspecified atom stereocenters. The van der Waals surface area contributed by atoms with Crippen molar-refractivity contribution < 1.29 is 9.31 Å². The predicted molar refractivity (Wildman–Crippen MR) is 88.5 cm³/mol. The van der Waals surface area contributed by atoms with Gasteiger partial charge in [-0.1, -0.05) is 24.8 Å². The minimum absolute atomic E-state index is 0.376. The third kappa shape index (κ3) is 2.20. The summed E-state index contributed by atoms with van der Waals surface area (Å²) >= 11 is 0. The number of hydrogen-bond acceptors (Lipinski definition) is 3. The molecule has 0 N–H and O–H groups in total. The summed E-state index contributed by atoms with van der Waals surface area (Å²) in [5.41, 5.74) is 2.09. The Balaban J connectivity index is 2.14. The van der Waals surface area contributed by atoms with Crippen molar-refractivity contribution in [1.82, 2.24) is 4.98 Å². The summed E-state index contributed by atoms with van der Waals surface area (Å²) in [4.78, 5) is 7.84. The lowest BCUT2D eigenvalue weighted by Crippen LogP contribution is -2.41. The van der Waals surface area contributed by atoms with E-state index in [2.05, 4.69) is 9.83 Å². The highest BCUT2D eigenvalue weighted by Gasteiger charge is 2.52. The van der Waals surface area contributed by atoms with Crippen molar-refractivity contribution in [3.8, 4) is 0 Å². The van der Waals surface area contributed by atoms with Crippen LogP contribution in [0.25, 0.3) is 15.7 Å². The minimum atomic E-state index is -0.423. The second-order valence-corrected chi connectivity index (χ2v) is 6.74. The first-order valence-corrected chi connectivity index (χ1v) is 7.38.